The molecule has 2 N–H and O–H groups in total. The summed E-state index contributed by atoms with van der Waals surface area (Å²) >= 11 is 2.61. The topological polar surface area (TPSA) is 107 Å². The molecule has 5 aromatic rings. The Balaban J connectivity index is 1.83. The number of aryl methyl sites for hydroxylation is 1. The number of rotatable bonds is 5. The largest absolute Gasteiger partial charge is 0.365 e. The van der Waals surface area contributed by atoms with Crippen LogP contribution in [0.15, 0.2) is 83.1 Å². The minimum atomic E-state index is -0.885. The zero-order valence-corrected chi connectivity index (χ0v) is 20.7. The van der Waals surface area contributed by atoms with Crippen molar-refractivity contribution in [3.05, 3.63) is 109 Å². The van der Waals surface area contributed by atoms with E-state index >= 15 is 0 Å². The molecule has 2 aromatic carbocycles. The molecule has 0 saturated heterocycles. The van der Waals surface area contributed by atoms with Crippen LogP contribution in [0, 0.1) is 18.3 Å². The summed E-state index contributed by atoms with van der Waals surface area (Å²) in [5, 5.41) is 16.4. The third-order valence-corrected chi connectivity index (χ3v) is 7.53. The van der Waals surface area contributed by atoms with Gasteiger partial charge in [-0.1, -0.05) is 42.5 Å². The van der Waals surface area contributed by atoms with Gasteiger partial charge in [0, 0.05) is 11.8 Å². The SMILES string of the molecule is Cc1ccccc1-n1c(=O)/c(=C\c2cn(-c3ccccc3)nc2-c2cccs2)s/c1=C(/C#N)C(N)=O. The lowest BCUT2D eigenvalue weighted by Gasteiger charge is -2.06. The van der Waals surface area contributed by atoms with E-state index in [1.165, 1.54) is 4.57 Å². The second-order valence-corrected chi connectivity index (χ2v) is 9.86. The molecular formula is C27H19N5O2S2. The molecule has 9 heteroatoms. The molecular weight excluding hydrogens is 490 g/mol. The van der Waals surface area contributed by atoms with Crippen LogP contribution in [0.5, 0.6) is 0 Å². The Morgan fingerprint density at radius 3 is 2.50 bits per heavy atom. The van der Waals surface area contributed by atoms with Gasteiger partial charge in [-0.2, -0.15) is 10.4 Å². The molecule has 5 rings (SSSR count). The van der Waals surface area contributed by atoms with Gasteiger partial charge in [0.15, 0.2) is 5.57 Å². The van der Waals surface area contributed by atoms with Crippen LogP contribution in [0.1, 0.15) is 11.1 Å². The first-order valence-electron chi connectivity index (χ1n) is 10.9. The number of benzene rings is 2. The van der Waals surface area contributed by atoms with E-state index in [4.69, 9.17) is 10.8 Å². The standard InChI is InChI=1S/C27H19N5O2S2/c1-17-8-5-6-11-21(17)32-26(34)23(36-27(32)20(15-28)25(29)33)14-18-16-31(19-9-3-2-4-10-19)30-24(18)22-12-7-13-35-22/h2-14,16H,1H3,(H2,29,33)/b23-14+,27-20-. The molecule has 0 bridgehead atoms. The second kappa shape index (κ2) is 9.62. The lowest BCUT2D eigenvalue weighted by atomic mass is 10.2. The number of carbonyl (C=O) groups is 1. The number of hydrogen-bond donors (Lipinski definition) is 1. The van der Waals surface area contributed by atoms with Crippen molar-refractivity contribution in [2.75, 3.05) is 0 Å². The van der Waals surface area contributed by atoms with Crippen LogP contribution in [-0.2, 0) is 4.79 Å². The van der Waals surface area contributed by atoms with Crippen LogP contribution in [0.25, 0.3) is 33.6 Å². The smallest absolute Gasteiger partial charge is 0.273 e. The minimum absolute atomic E-state index is 0.198. The Bertz CT molecular complexity index is 1800. The number of nitriles is 1. The highest BCUT2D eigenvalue weighted by molar-refractivity contribution is 7.13. The first kappa shape index (κ1) is 23.2. The van der Waals surface area contributed by atoms with E-state index in [0.29, 0.717) is 10.2 Å². The van der Waals surface area contributed by atoms with Crippen LogP contribution in [0.2, 0.25) is 0 Å². The van der Waals surface area contributed by atoms with Gasteiger partial charge in [-0.25, -0.2) is 4.68 Å². The number of amides is 1. The zero-order valence-electron chi connectivity index (χ0n) is 19.1. The number of nitrogens with two attached hydrogens (primary N) is 1. The van der Waals surface area contributed by atoms with Crippen LogP contribution >= 0.6 is 22.7 Å². The fraction of sp³-hybridized carbons (Fsp3) is 0.0370. The first-order valence-corrected chi connectivity index (χ1v) is 12.6. The van der Waals surface area contributed by atoms with E-state index < -0.39 is 5.91 Å². The van der Waals surface area contributed by atoms with E-state index in [9.17, 15) is 14.9 Å². The first-order chi connectivity index (χ1) is 17.5. The van der Waals surface area contributed by atoms with E-state index in [2.05, 4.69) is 0 Å². The normalized spacial score (nSPS) is 12.4. The highest BCUT2D eigenvalue weighted by Gasteiger charge is 2.17. The van der Waals surface area contributed by atoms with E-state index in [0.717, 1.165) is 38.7 Å². The summed E-state index contributed by atoms with van der Waals surface area (Å²) in [6.45, 7) is 1.86. The van der Waals surface area contributed by atoms with Crippen molar-refractivity contribution < 1.29 is 4.79 Å². The molecule has 0 aliphatic rings. The van der Waals surface area contributed by atoms with Gasteiger partial charge in [-0.15, -0.1) is 22.7 Å². The molecule has 1 amide bonds. The number of para-hydroxylation sites is 2. The van der Waals surface area contributed by atoms with Crippen molar-refractivity contribution in [1.29, 1.82) is 5.26 Å². The number of aromatic nitrogens is 3. The van der Waals surface area contributed by atoms with Crippen LogP contribution in [-0.4, -0.2) is 20.3 Å². The molecule has 7 nitrogen and oxygen atoms in total. The lowest BCUT2D eigenvalue weighted by molar-refractivity contribution is -0.112. The summed E-state index contributed by atoms with van der Waals surface area (Å²) < 4.78 is 3.71. The average molecular weight is 510 g/mol. The van der Waals surface area contributed by atoms with Crippen molar-refractivity contribution in [2.45, 2.75) is 6.92 Å². The number of carbonyl (C=O) groups excluding carboxylic acids is 1. The summed E-state index contributed by atoms with van der Waals surface area (Å²) in [6.07, 6.45) is 3.62. The molecule has 0 unspecified atom stereocenters. The second-order valence-electron chi connectivity index (χ2n) is 7.88. The molecule has 0 aliphatic heterocycles. The number of thiazole rings is 1. The molecule has 0 radical (unpaired) electrons. The fourth-order valence-corrected chi connectivity index (χ4v) is 5.67. The predicted molar refractivity (Wildman–Crippen MR) is 143 cm³/mol. The van der Waals surface area contributed by atoms with Crippen molar-refractivity contribution in [2.24, 2.45) is 5.73 Å². The zero-order chi connectivity index (χ0) is 25.2. The number of primary amides is 1. The Labute approximate surface area is 213 Å². The van der Waals surface area contributed by atoms with Gasteiger partial charge in [-0.05, 0) is 48.2 Å². The van der Waals surface area contributed by atoms with E-state index in [-0.39, 0.29) is 15.8 Å². The molecule has 0 saturated carbocycles. The highest BCUT2D eigenvalue weighted by Crippen LogP contribution is 2.28. The molecule has 0 spiro atoms. The Kier molecular flexibility index (Phi) is 6.21. The Hall–Kier alpha value is -4.52. The van der Waals surface area contributed by atoms with Crippen molar-refractivity contribution in [1.82, 2.24) is 14.3 Å². The third-order valence-electron chi connectivity index (χ3n) is 5.56. The lowest BCUT2D eigenvalue weighted by Crippen LogP contribution is -2.32. The van der Waals surface area contributed by atoms with Gasteiger partial charge in [0.05, 0.1) is 20.8 Å². The van der Waals surface area contributed by atoms with Crippen LogP contribution in [0.3, 0.4) is 0 Å². The molecule has 0 atom stereocenters. The average Bonchev–Trinajstić information content (AvgIpc) is 3.61. The summed E-state index contributed by atoms with van der Waals surface area (Å²) in [4.78, 5) is 26.7. The van der Waals surface area contributed by atoms with Gasteiger partial charge >= 0.3 is 0 Å². The molecule has 176 valence electrons. The summed E-state index contributed by atoms with van der Waals surface area (Å²) in [5.74, 6) is -0.885. The predicted octanol–water partition coefficient (Wildman–Crippen LogP) is 3.11. The minimum Gasteiger partial charge on any atom is -0.365 e. The highest BCUT2D eigenvalue weighted by atomic mass is 32.1. The maximum atomic E-state index is 13.7. The fourth-order valence-electron chi connectivity index (χ4n) is 3.84. The maximum absolute atomic E-state index is 13.7. The summed E-state index contributed by atoms with van der Waals surface area (Å²) in [5.41, 5.74) is 8.65. The van der Waals surface area contributed by atoms with Crippen molar-refractivity contribution in [3.8, 4) is 28.0 Å². The van der Waals surface area contributed by atoms with E-state index in [1.807, 2.05) is 79.2 Å². The van der Waals surface area contributed by atoms with Gasteiger partial charge < -0.3 is 5.73 Å². The van der Waals surface area contributed by atoms with E-state index in [1.54, 1.807) is 34.2 Å². The van der Waals surface area contributed by atoms with Gasteiger partial charge in [0.25, 0.3) is 11.5 Å². The Morgan fingerprint density at radius 1 is 1.08 bits per heavy atom. The third kappa shape index (κ3) is 4.20. The Morgan fingerprint density at radius 2 is 1.83 bits per heavy atom. The van der Waals surface area contributed by atoms with Gasteiger partial charge in [0.1, 0.15) is 16.4 Å². The van der Waals surface area contributed by atoms with Crippen LogP contribution < -0.4 is 20.5 Å². The van der Waals surface area contributed by atoms with Crippen LogP contribution in [0.4, 0.5) is 0 Å². The number of thiophene rings is 1. The molecule has 0 fully saturated rings. The summed E-state index contributed by atoms with van der Waals surface area (Å²) in [6, 6.07) is 22.8. The van der Waals surface area contributed by atoms with Gasteiger partial charge in [0.2, 0.25) is 0 Å². The summed E-state index contributed by atoms with van der Waals surface area (Å²) in [7, 11) is 0. The monoisotopic (exact) mass is 509 g/mol. The number of nitrogens with zero attached hydrogens (tertiary/aromatic N) is 4. The molecule has 3 aromatic heterocycles. The van der Waals surface area contributed by atoms with Crippen molar-refractivity contribution >= 4 is 40.2 Å². The number of hydrogen-bond acceptors (Lipinski definition) is 6. The maximum Gasteiger partial charge on any atom is 0.273 e. The van der Waals surface area contributed by atoms with Gasteiger partial charge in [-0.3, -0.25) is 14.2 Å². The molecule has 0 aliphatic carbocycles. The molecule has 36 heavy (non-hydrogen) atoms. The molecule has 3 heterocycles. The van der Waals surface area contributed by atoms with Crippen molar-refractivity contribution in [3.63, 3.8) is 0 Å². The quantitative estimate of drug-likeness (QED) is 0.393.